The molecule has 0 radical (unpaired) electrons. The number of hydrogen-bond donors (Lipinski definition) is 1. The molecule has 4 unspecified atom stereocenters. The van der Waals surface area contributed by atoms with Gasteiger partial charge < -0.3 is 5.11 Å². The van der Waals surface area contributed by atoms with Gasteiger partial charge in [0.25, 0.3) is 0 Å². The monoisotopic (exact) mass is 456 g/mol. The van der Waals surface area contributed by atoms with Crippen LogP contribution in [0.2, 0.25) is 0 Å². The van der Waals surface area contributed by atoms with Gasteiger partial charge in [0.2, 0.25) is 0 Å². The molecule has 4 aliphatic carbocycles. The predicted molar refractivity (Wildman–Crippen MR) is 138 cm³/mol. The minimum Gasteiger partial charge on any atom is -0.481 e. The molecule has 9 atom stereocenters. The second-order valence-electron chi connectivity index (χ2n) is 13.7. The first-order chi connectivity index (χ1) is 15.6. The third-order valence-corrected chi connectivity index (χ3v) is 11.9. The molecular formula is C31H52O2. The molecule has 0 aromatic rings. The molecule has 188 valence electrons. The Bertz CT molecular complexity index is 737. The summed E-state index contributed by atoms with van der Waals surface area (Å²) in [6.07, 6.45) is 17.5. The second kappa shape index (κ2) is 9.69. The summed E-state index contributed by atoms with van der Waals surface area (Å²) in [5, 5.41) is 9.30. The highest BCUT2D eigenvalue weighted by atomic mass is 16.4. The zero-order chi connectivity index (χ0) is 24.0. The van der Waals surface area contributed by atoms with Crippen molar-refractivity contribution >= 4 is 5.97 Å². The maximum Gasteiger partial charge on any atom is 0.303 e. The van der Waals surface area contributed by atoms with Crippen molar-refractivity contribution in [2.24, 2.45) is 58.2 Å². The number of carboxylic acids is 1. The summed E-state index contributed by atoms with van der Waals surface area (Å²) >= 11 is 0. The Morgan fingerprint density at radius 3 is 2.48 bits per heavy atom. The maximum atomic E-state index is 11.3. The van der Waals surface area contributed by atoms with E-state index in [1.54, 1.807) is 5.57 Å². The van der Waals surface area contributed by atoms with E-state index in [4.69, 9.17) is 0 Å². The van der Waals surface area contributed by atoms with E-state index < -0.39 is 5.97 Å². The summed E-state index contributed by atoms with van der Waals surface area (Å²) in [4.78, 5) is 11.3. The maximum absolute atomic E-state index is 11.3. The first-order valence-corrected chi connectivity index (χ1v) is 14.5. The van der Waals surface area contributed by atoms with Crippen LogP contribution in [-0.2, 0) is 4.79 Å². The van der Waals surface area contributed by atoms with Crippen LogP contribution in [-0.4, -0.2) is 11.1 Å². The minimum atomic E-state index is -0.615. The van der Waals surface area contributed by atoms with Crippen molar-refractivity contribution in [1.29, 1.82) is 0 Å². The molecular weight excluding hydrogens is 404 g/mol. The largest absolute Gasteiger partial charge is 0.481 e. The summed E-state index contributed by atoms with van der Waals surface area (Å²) < 4.78 is 0. The van der Waals surface area contributed by atoms with Gasteiger partial charge in [-0.3, -0.25) is 4.79 Å². The highest BCUT2D eigenvalue weighted by Crippen LogP contribution is 2.67. The standard InChI is InChI=1S/C31H52O2/c1-7-23(20(2)3)9-8-21(4)26-12-13-27-25-11-10-24-18-22(19-29(32)33)14-16-30(24,5)28(25)15-17-31(26,27)6/h10,20-23,25-28H,7-9,11-19H2,1-6H3,(H,32,33)/t21-,22?,23-,25?,26-,27?,28?,30+,31-/m1/s1. The number of carboxylic acid groups (broad SMARTS) is 1. The fourth-order valence-electron chi connectivity index (χ4n) is 9.82. The summed E-state index contributed by atoms with van der Waals surface area (Å²) in [7, 11) is 0. The third kappa shape index (κ3) is 4.58. The van der Waals surface area contributed by atoms with Gasteiger partial charge in [-0.2, -0.15) is 0 Å². The van der Waals surface area contributed by atoms with E-state index in [0.29, 0.717) is 23.2 Å². The van der Waals surface area contributed by atoms with Gasteiger partial charge in [-0.05, 0) is 116 Å². The van der Waals surface area contributed by atoms with Gasteiger partial charge in [-0.1, -0.05) is 66.0 Å². The lowest BCUT2D eigenvalue weighted by Gasteiger charge is -2.58. The molecule has 0 amide bonds. The van der Waals surface area contributed by atoms with Gasteiger partial charge in [0.05, 0.1) is 0 Å². The van der Waals surface area contributed by atoms with Crippen LogP contribution in [0.5, 0.6) is 0 Å². The van der Waals surface area contributed by atoms with Gasteiger partial charge in [0.1, 0.15) is 0 Å². The molecule has 1 N–H and O–H groups in total. The molecule has 2 nitrogen and oxygen atoms in total. The Kier molecular flexibility index (Phi) is 7.43. The Morgan fingerprint density at radius 2 is 1.82 bits per heavy atom. The van der Waals surface area contributed by atoms with Gasteiger partial charge in [-0.25, -0.2) is 0 Å². The number of aliphatic carboxylic acids is 1. The van der Waals surface area contributed by atoms with Crippen LogP contribution in [0.25, 0.3) is 0 Å². The highest BCUT2D eigenvalue weighted by molar-refractivity contribution is 5.67. The SMILES string of the molecule is CC[C@H](CC[C@@H](C)[C@H]1CCC2C3CC=C4CC(CC(=O)O)CC[C@]4(C)C3CC[C@@]21C)C(C)C. The number of carbonyl (C=O) groups is 1. The lowest BCUT2D eigenvalue weighted by molar-refractivity contribution is -0.138. The van der Waals surface area contributed by atoms with Crippen LogP contribution in [0.4, 0.5) is 0 Å². The van der Waals surface area contributed by atoms with E-state index in [-0.39, 0.29) is 0 Å². The van der Waals surface area contributed by atoms with Gasteiger partial charge in [-0.15, -0.1) is 0 Å². The van der Waals surface area contributed by atoms with E-state index >= 15 is 0 Å². The summed E-state index contributed by atoms with van der Waals surface area (Å²) in [5.41, 5.74) is 2.52. The molecule has 3 saturated carbocycles. The number of hydrogen-bond acceptors (Lipinski definition) is 1. The van der Waals surface area contributed by atoms with E-state index in [2.05, 4.69) is 47.6 Å². The van der Waals surface area contributed by atoms with Crippen LogP contribution < -0.4 is 0 Å². The number of rotatable bonds is 8. The molecule has 4 aliphatic rings. The molecule has 2 heteroatoms. The van der Waals surface area contributed by atoms with Crippen molar-refractivity contribution in [2.45, 2.75) is 119 Å². The van der Waals surface area contributed by atoms with Crippen molar-refractivity contribution in [3.8, 4) is 0 Å². The van der Waals surface area contributed by atoms with Crippen molar-refractivity contribution in [3.05, 3.63) is 11.6 Å². The van der Waals surface area contributed by atoms with E-state index in [9.17, 15) is 9.90 Å². The van der Waals surface area contributed by atoms with E-state index in [0.717, 1.165) is 54.3 Å². The van der Waals surface area contributed by atoms with Gasteiger partial charge in [0, 0.05) is 6.42 Å². The van der Waals surface area contributed by atoms with E-state index in [1.165, 1.54) is 57.8 Å². The smallest absolute Gasteiger partial charge is 0.303 e. The molecule has 33 heavy (non-hydrogen) atoms. The lowest BCUT2D eigenvalue weighted by atomic mass is 9.46. The van der Waals surface area contributed by atoms with Gasteiger partial charge in [0.15, 0.2) is 0 Å². The molecule has 3 fully saturated rings. The van der Waals surface area contributed by atoms with Crippen molar-refractivity contribution < 1.29 is 9.90 Å². The van der Waals surface area contributed by atoms with Crippen LogP contribution in [0.1, 0.15) is 119 Å². The first kappa shape index (κ1) is 25.3. The molecule has 0 saturated heterocycles. The molecule has 0 aliphatic heterocycles. The van der Waals surface area contributed by atoms with E-state index in [1.807, 2.05) is 0 Å². The van der Waals surface area contributed by atoms with Crippen LogP contribution in [0.3, 0.4) is 0 Å². The minimum absolute atomic E-state index is 0.342. The average Bonchev–Trinajstić information content (AvgIpc) is 3.11. The third-order valence-electron chi connectivity index (χ3n) is 11.9. The summed E-state index contributed by atoms with van der Waals surface area (Å²) in [6.45, 7) is 15.0. The zero-order valence-corrected chi connectivity index (χ0v) is 22.5. The molecule has 4 rings (SSSR count). The number of fused-ring (bicyclic) bond motifs is 5. The summed E-state index contributed by atoms with van der Waals surface area (Å²) in [5.74, 6) is 5.84. The van der Waals surface area contributed by atoms with Crippen LogP contribution >= 0.6 is 0 Å². The van der Waals surface area contributed by atoms with Crippen LogP contribution in [0.15, 0.2) is 11.6 Å². The van der Waals surface area contributed by atoms with Crippen molar-refractivity contribution in [2.75, 3.05) is 0 Å². The molecule has 0 heterocycles. The lowest BCUT2D eigenvalue weighted by Crippen LogP contribution is -2.50. The Balaban J connectivity index is 1.46. The summed E-state index contributed by atoms with van der Waals surface area (Å²) in [6, 6.07) is 0. The molecule has 0 spiro atoms. The Hall–Kier alpha value is -0.790. The zero-order valence-electron chi connectivity index (χ0n) is 22.5. The fourth-order valence-corrected chi connectivity index (χ4v) is 9.82. The molecule has 0 aromatic carbocycles. The first-order valence-electron chi connectivity index (χ1n) is 14.5. The predicted octanol–water partition coefficient (Wildman–Crippen LogP) is 8.75. The molecule has 0 aromatic heterocycles. The molecule has 0 bridgehead atoms. The Morgan fingerprint density at radius 1 is 1.06 bits per heavy atom. The van der Waals surface area contributed by atoms with Crippen molar-refractivity contribution in [3.63, 3.8) is 0 Å². The quantitative estimate of drug-likeness (QED) is 0.371. The normalized spacial score (nSPS) is 42.2. The second-order valence-corrected chi connectivity index (χ2v) is 13.7. The van der Waals surface area contributed by atoms with Crippen molar-refractivity contribution in [1.82, 2.24) is 0 Å². The topological polar surface area (TPSA) is 37.3 Å². The average molecular weight is 457 g/mol. The Labute approximate surface area is 204 Å². The number of allylic oxidation sites excluding steroid dienone is 2. The van der Waals surface area contributed by atoms with Crippen LogP contribution in [0, 0.1) is 58.2 Å². The fraction of sp³-hybridized carbons (Fsp3) is 0.903. The van der Waals surface area contributed by atoms with Gasteiger partial charge >= 0.3 is 5.97 Å². The highest BCUT2D eigenvalue weighted by Gasteiger charge is 2.59.